The van der Waals surface area contributed by atoms with Crippen LogP contribution in [0.4, 0.5) is 13.2 Å². The van der Waals surface area contributed by atoms with Crippen molar-refractivity contribution in [2.75, 3.05) is 21.3 Å². The Morgan fingerprint density at radius 1 is 1.09 bits per heavy atom. The summed E-state index contributed by atoms with van der Waals surface area (Å²) in [7, 11) is 4.12. The number of carbonyl (C=O) groups excluding carboxylic acids is 2. The number of methoxy groups -OCH3 is 3. The Labute approximate surface area is 206 Å². The number of nitrogens with one attached hydrogen (secondary N) is 1. The van der Waals surface area contributed by atoms with Crippen molar-refractivity contribution >= 4 is 23.2 Å². The summed E-state index contributed by atoms with van der Waals surface area (Å²) < 4.78 is 57.3. The van der Waals surface area contributed by atoms with Gasteiger partial charge in [-0.3, -0.25) is 9.59 Å². The molecule has 192 valence electrons. The summed E-state index contributed by atoms with van der Waals surface area (Å²) in [4.78, 5) is 27.3. The van der Waals surface area contributed by atoms with Gasteiger partial charge < -0.3 is 24.4 Å². The normalized spacial score (nSPS) is 15.3. The van der Waals surface area contributed by atoms with Crippen molar-refractivity contribution in [2.45, 2.75) is 56.9 Å². The molecule has 1 heterocycles. The predicted molar refractivity (Wildman–Crippen MR) is 125 cm³/mol. The Hall–Kier alpha value is -2.95. The number of ether oxygens (including phenoxy) is 3. The minimum atomic E-state index is -5.18. The van der Waals surface area contributed by atoms with Crippen molar-refractivity contribution < 1.29 is 37.0 Å². The lowest BCUT2D eigenvalue weighted by molar-refractivity contribution is -0.189. The first-order valence-corrected chi connectivity index (χ1v) is 12.1. The van der Waals surface area contributed by atoms with E-state index < -0.39 is 30.6 Å². The molecule has 1 atom stereocenters. The Bertz CT molecular complexity index is 982. The minimum absolute atomic E-state index is 0.113. The van der Waals surface area contributed by atoms with Crippen LogP contribution in [-0.4, -0.2) is 50.3 Å². The molecule has 0 saturated heterocycles. The van der Waals surface area contributed by atoms with Crippen molar-refractivity contribution in [3.05, 3.63) is 40.1 Å². The summed E-state index contributed by atoms with van der Waals surface area (Å²) >= 11 is 1.20. The minimum Gasteiger partial charge on any atom is -0.493 e. The number of nitrogens with zero attached hydrogens (tertiary/aromatic N) is 1. The van der Waals surface area contributed by atoms with E-state index in [1.807, 2.05) is 0 Å². The van der Waals surface area contributed by atoms with Gasteiger partial charge in [-0.25, -0.2) is 0 Å². The molecule has 11 heteroatoms. The number of amides is 2. The molecule has 0 spiro atoms. The average molecular weight is 515 g/mol. The third kappa shape index (κ3) is 6.39. The zero-order valence-corrected chi connectivity index (χ0v) is 20.6. The van der Waals surface area contributed by atoms with Gasteiger partial charge in [0.05, 0.1) is 27.9 Å². The predicted octanol–water partition coefficient (Wildman–Crippen LogP) is 4.86. The van der Waals surface area contributed by atoms with Crippen LogP contribution in [0.15, 0.2) is 29.6 Å². The molecule has 1 N–H and O–H groups in total. The van der Waals surface area contributed by atoms with Crippen LogP contribution in [0.5, 0.6) is 17.2 Å². The fourth-order valence-electron chi connectivity index (χ4n) is 4.27. The van der Waals surface area contributed by atoms with Crippen LogP contribution in [0.2, 0.25) is 0 Å². The van der Waals surface area contributed by atoms with Crippen LogP contribution in [0.3, 0.4) is 0 Å². The van der Waals surface area contributed by atoms with Gasteiger partial charge in [0.1, 0.15) is 6.04 Å². The Balaban J connectivity index is 2.13. The second-order valence-electron chi connectivity index (χ2n) is 8.21. The number of rotatable bonds is 9. The summed E-state index contributed by atoms with van der Waals surface area (Å²) in [5, 5.41) is 4.57. The molecule has 0 unspecified atom stereocenters. The van der Waals surface area contributed by atoms with E-state index in [1.54, 1.807) is 17.5 Å². The quantitative estimate of drug-likeness (QED) is 0.518. The average Bonchev–Trinajstić information content (AvgIpc) is 3.35. The van der Waals surface area contributed by atoms with Crippen molar-refractivity contribution in [1.29, 1.82) is 0 Å². The molecule has 2 amide bonds. The van der Waals surface area contributed by atoms with Gasteiger partial charge in [-0.15, -0.1) is 11.3 Å². The van der Waals surface area contributed by atoms with E-state index in [4.69, 9.17) is 14.2 Å². The molecule has 1 aliphatic rings. The lowest BCUT2D eigenvalue weighted by Crippen LogP contribution is -2.50. The lowest BCUT2D eigenvalue weighted by Gasteiger charge is -2.34. The number of hydrogen-bond donors (Lipinski definition) is 1. The standard InChI is InChI=1S/C24H29F3N2O5S/c1-32-18-12-15(13-19(33-2)21(18)34-3)20(22(30)28-16-8-5-4-6-9-16)29(23(31)24(25,26)27)14-17-10-7-11-35-17/h7,10-13,16,20H,4-6,8-9,14H2,1-3H3,(H,28,30)/t20-/m0/s1. The highest BCUT2D eigenvalue weighted by molar-refractivity contribution is 7.09. The molecule has 3 rings (SSSR count). The van der Waals surface area contributed by atoms with Gasteiger partial charge in [0.25, 0.3) is 0 Å². The molecule has 0 radical (unpaired) electrons. The maximum atomic E-state index is 13.7. The van der Waals surface area contributed by atoms with Crippen LogP contribution >= 0.6 is 11.3 Å². The molecule has 1 aromatic heterocycles. The third-order valence-electron chi connectivity index (χ3n) is 5.92. The highest BCUT2D eigenvalue weighted by atomic mass is 32.1. The molecule has 35 heavy (non-hydrogen) atoms. The smallest absolute Gasteiger partial charge is 0.471 e. The lowest BCUT2D eigenvalue weighted by atomic mass is 9.94. The van der Waals surface area contributed by atoms with E-state index in [2.05, 4.69) is 5.32 Å². The fourth-order valence-corrected chi connectivity index (χ4v) is 4.98. The topological polar surface area (TPSA) is 77.1 Å². The molecular weight excluding hydrogens is 485 g/mol. The summed E-state index contributed by atoms with van der Waals surface area (Å²) in [5.41, 5.74) is 0.113. The van der Waals surface area contributed by atoms with Gasteiger partial charge >= 0.3 is 12.1 Å². The van der Waals surface area contributed by atoms with Crippen LogP contribution in [0.25, 0.3) is 0 Å². The van der Waals surface area contributed by atoms with E-state index in [0.29, 0.717) is 9.78 Å². The summed E-state index contributed by atoms with van der Waals surface area (Å²) in [6.45, 7) is -0.393. The zero-order valence-electron chi connectivity index (χ0n) is 19.8. The highest BCUT2D eigenvalue weighted by Gasteiger charge is 2.47. The second-order valence-corrected chi connectivity index (χ2v) is 9.25. The molecule has 0 bridgehead atoms. The molecular formula is C24H29F3N2O5S. The van der Waals surface area contributed by atoms with Crippen molar-refractivity contribution in [3.8, 4) is 17.2 Å². The number of hydrogen-bond acceptors (Lipinski definition) is 6. The first kappa shape index (κ1) is 26.7. The monoisotopic (exact) mass is 514 g/mol. The number of thiophene rings is 1. The summed E-state index contributed by atoms with van der Waals surface area (Å²) in [6, 6.07) is 4.33. The van der Waals surface area contributed by atoms with Gasteiger partial charge in [-0.1, -0.05) is 25.3 Å². The zero-order chi connectivity index (χ0) is 25.6. The van der Waals surface area contributed by atoms with E-state index in [1.165, 1.54) is 44.8 Å². The Morgan fingerprint density at radius 2 is 1.71 bits per heavy atom. The van der Waals surface area contributed by atoms with E-state index in [0.717, 1.165) is 32.1 Å². The first-order chi connectivity index (χ1) is 16.7. The Morgan fingerprint density at radius 3 is 2.20 bits per heavy atom. The van der Waals surface area contributed by atoms with Crippen LogP contribution in [0.1, 0.15) is 48.6 Å². The Kier molecular flexibility index (Phi) is 8.87. The third-order valence-corrected chi connectivity index (χ3v) is 6.79. The second kappa shape index (κ2) is 11.7. The van der Waals surface area contributed by atoms with Crippen LogP contribution in [0, 0.1) is 0 Å². The van der Waals surface area contributed by atoms with Crippen LogP contribution in [-0.2, 0) is 16.1 Å². The number of carbonyl (C=O) groups is 2. The number of halogens is 3. The fraction of sp³-hybridized carbons (Fsp3) is 0.500. The van der Waals surface area contributed by atoms with Gasteiger partial charge in [-0.2, -0.15) is 13.2 Å². The summed E-state index contributed by atoms with van der Waals surface area (Å²) in [5.74, 6) is -2.26. The summed E-state index contributed by atoms with van der Waals surface area (Å²) in [6.07, 6.45) is -0.848. The molecule has 2 aromatic rings. The van der Waals surface area contributed by atoms with Gasteiger partial charge in [0.2, 0.25) is 11.7 Å². The number of benzene rings is 1. The van der Waals surface area contributed by atoms with E-state index >= 15 is 0 Å². The maximum absolute atomic E-state index is 13.7. The van der Waals surface area contributed by atoms with E-state index in [9.17, 15) is 22.8 Å². The molecule has 7 nitrogen and oxygen atoms in total. The molecule has 1 aliphatic carbocycles. The SMILES string of the molecule is COc1cc([C@@H](C(=O)NC2CCCCC2)N(Cc2cccs2)C(=O)C(F)(F)F)cc(OC)c1OC. The van der Waals surface area contributed by atoms with E-state index in [-0.39, 0.29) is 28.9 Å². The maximum Gasteiger partial charge on any atom is 0.471 e. The van der Waals surface area contributed by atoms with Crippen molar-refractivity contribution in [3.63, 3.8) is 0 Å². The van der Waals surface area contributed by atoms with Crippen LogP contribution < -0.4 is 19.5 Å². The molecule has 1 aromatic carbocycles. The van der Waals surface area contributed by atoms with Gasteiger partial charge in [0, 0.05) is 10.9 Å². The highest BCUT2D eigenvalue weighted by Crippen LogP contribution is 2.42. The van der Waals surface area contributed by atoms with Gasteiger partial charge in [-0.05, 0) is 42.0 Å². The number of alkyl halides is 3. The largest absolute Gasteiger partial charge is 0.493 e. The molecule has 1 saturated carbocycles. The van der Waals surface area contributed by atoms with Crippen molar-refractivity contribution in [2.24, 2.45) is 0 Å². The molecule has 1 fully saturated rings. The molecule has 0 aliphatic heterocycles. The van der Waals surface area contributed by atoms with Gasteiger partial charge in [0.15, 0.2) is 11.5 Å². The first-order valence-electron chi connectivity index (χ1n) is 11.2. The van der Waals surface area contributed by atoms with Crippen molar-refractivity contribution in [1.82, 2.24) is 10.2 Å².